The SMILES string of the molecule is CCCO.C[C@@H]1C[C@H]1C(=O)O. The lowest BCUT2D eigenvalue weighted by Crippen LogP contribution is -1.97. The summed E-state index contributed by atoms with van der Waals surface area (Å²) < 4.78 is 0. The predicted molar refractivity (Wildman–Crippen MR) is 42.3 cm³/mol. The van der Waals surface area contributed by atoms with E-state index in [0.717, 1.165) is 12.8 Å². The van der Waals surface area contributed by atoms with Crippen LogP contribution >= 0.6 is 0 Å². The lowest BCUT2D eigenvalue weighted by molar-refractivity contribution is -0.138. The summed E-state index contributed by atoms with van der Waals surface area (Å²) in [7, 11) is 0. The molecule has 0 aromatic rings. The van der Waals surface area contributed by atoms with E-state index in [0.29, 0.717) is 12.5 Å². The van der Waals surface area contributed by atoms with Crippen molar-refractivity contribution in [2.45, 2.75) is 26.7 Å². The van der Waals surface area contributed by atoms with Gasteiger partial charge in [-0.05, 0) is 18.8 Å². The average molecular weight is 160 g/mol. The smallest absolute Gasteiger partial charge is 0.306 e. The zero-order chi connectivity index (χ0) is 8.85. The molecule has 1 aliphatic carbocycles. The Hall–Kier alpha value is -0.570. The Morgan fingerprint density at radius 1 is 1.64 bits per heavy atom. The summed E-state index contributed by atoms with van der Waals surface area (Å²) in [5, 5.41) is 16.1. The predicted octanol–water partition coefficient (Wildman–Crippen LogP) is 1.12. The Labute approximate surface area is 67.0 Å². The van der Waals surface area contributed by atoms with Crippen LogP contribution in [0.2, 0.25) is 0 Å². The molecule has 0 aromatic heterocycles. The van der Waals surface area contributed by atoms with Crippen LogP contribution in [-0.4, -0.2) is 22.8 Å². The highest BCUT2D eigenvalue weighted by atomic mass is 16.4. The maximum Gasteiger partial charge on any atom is 0.306 e. The molecule has 1 fully saturated rings. The van der Waals surface area contributed by atoms with E-state index in [1.54, 1.807) is 0 Å². The summed E-state index contributed by atoms with van der Waals surface area (Å²) in [6.07, 6.45) is 1.76. The summed E-state index contributed by atoms with van der Waals surface area (Å²) in [5.41, 5.74) is 0. The van der Waals surface area contributed by atoms with Gasteiger partial charge in [0.1, 0.15) is 0 Å². The molecule has 11 heavy (non-hydrogen) atoms. The maximum absolute atomic E-state index is 9.97. The standard InChI is InChI=1S/C5H8O2.C3H8O/c1-3-2-4(3)5(6)7;1-2-3-4/h3-4H,2H2,1H3,(H,6,7);4H,2-3H2,1H3/t3-,4-;/m1./s1. The molecule has 0 aliphatic heterocycles. The fourth-order valence-corrected chi connectivity index (χ4v) is 0.666. The van der Waals surface area contributed by atoms with Crippen molar-refractivity contribution in [3.8, 4) is 0 Å². The monoisotopic (exact) mass is 160 g/mol. The molecular weight excluding hydrogens is 144 g/mol. The van der Waals surface area contributed by atoms with Gasteiger partial charge in [-0.3, -0.25) is 4.79 Å². The zero-order valence-corrected chi connectivity index (χ0v) is 7.08. The first-order valence-corrected chi connectivity index (χ1v) is 3.97. The fraction of sp³-hybridized carbons (Fsp3) is 0.875. The van der Waals surface area contributed by atoms with Crippen molar-refractivity contribution in [3.05, 3.63) is 0 Å². The molecule has 0 amide bonds. The molecule has 0 heterocycles. The molecule has 66 valence electrons. The maximum atomic E-state index is 9.97. The highest BCUT2D eigenvalue weighted by molar-refractivity contribution is 5.73. The number of aliphatic carboxylic acids is 1. The Balaban J connectivity index is 0.000000218. The van der Waals surface area contributed by atoms with Crippen LogP contribution in [0.25, 0.3) is 0 Å². The molecule has 0 saturated heterocycles. The number of carbonyl (C=O) groups is 1. The molecule has 0 radical (unpaired) electrons. The minimum Gasteiger partial charge on any atom is -0.481 e. The molecule has 0 spiro atoms. The molecule has 1 rings (SSSR count). The van der Waals surface area contributed by atoms with Crippen molar-refractivity contribution in [2.24, 2.45) is 11.8 Å². The molecule has 0 unspecified atom stereocenters. The Morgan fingerprint density at radius 3 is 2.00 bits per heavy atom. The lowest BCUT2D eigenvalue weighted by atomic mass is 10.3. The van der Waals surface area contributed by atoms with E-state index in [2.05, 4.69) is 0 Å². The minimum atomic E-state index is -0.632. The van der Waals surface area contributed by atoms with Gasteiger partial charge in [0, 0.05) is 6.61 Å². The van der Waals surface area contributed by atoms with Gasteiger partial charge in [0.25, 0.3) is 0 Å². The first-order chi connectivity index (χ1) is 5.13. The highest BCUT2D eigenvalue weighted by Gasteiger charge is 2.38. The van der Waals surface area contributed by atoms with Gasteiger partial charge in [-0.15, -0.1) is 0 Å². The Bertz CT molecular complexity index is 121. The first kappa shape index (κ1) is 10.4. The number of aliphatic hydroxyl groups excluding tert-OH is 1. The van der Waals surface area contributed by atoms with E-state index >= 15 is 0 Å². The summed E-state index contributed by atoms with van der Waals surface area (Å²) in [6, 6.07) is 0. The summed E-state index contributed by atoms with van der Waals surface area (Å²) >= 11 is 0. The van der Waals surface area contributed by atoms with Gasteiger partial charge in [0.2, 0.25) is 0 Å². The van der Waals surface area contributed by atoms with E-state index in [1.165, 1.54) is 0 Å². The third-order valence-corrected chi connectivity index (χ3v) is 1.65. The highest BCUT2D eigenvalue weighted by Crippen LogP contribution is 2.37. The van der Waals surface area contributed by atoms with E-state index in [1.807, 2.05) is 13.8 Å². The molecule has 2 N–H and O–H groups in total. The van der Waals surface area contributed by atoms with E-state index in [9.17, 15) is 4.79 Å². The average Bonchev–Trinajstić information content (AvgIpc) is 2.68. The van der Waals surface area contributed by atoms with Crippen LogP contribution in [0, 0.1) is 11.8 Å². The van der Waals surface area contributed by atoms with E-state index < -0.39 is 5.97 Å². The fourth-order valence-electron chi connectivity index (χ4n) is 0.666. The van der Waals surface area contributed by atoms with Gasteiger partial charge in [0.05, 0.1) is 5.92 Å². The van der Waals surface area contributed by atoms with E-state index in [-0.39, 0.29) is 5.92 Å². The number of aliphatic hydroxyl groups is 1. The minimum absolute atomic E-state index is 0.0139. The topological polar surface area (TPSA) is 57.5 Å². The Kier molecular flexibility index (Phi) is 4.86. The van der Waals surface area contributed by atoms with Crippen molar-refractivity contribution >= 4 is 5.97 Å². The lowest BCUT2D eigenvalue weighted by Gasteiger charge is -1.79. The molecule has 1 saturated carbocycles. The molecule has 0 bridgehead atoms. The van der Waals surface area contributed by atoms with Crippen molar-refractivity contribution in [2.75, 3.05) is 6.61 Å². The molecule has 0 aromatic carbocycles. The van der Waals surface area contributed by atoms with Gasteiger partial charge in [-0.25, -0.2) is 0 Å². The number of carboxylic acid groups (broad SMARTS) is 1. The zero-order valence-electron chi connectivity index (χ0n) is 7.08. The largest absolute Gasteiger partial charge is 0.481 e. The van der Waals surface area contributed by atoms with Crippen molar-refractivity contribution in [3.63, 3.8) is 0 Å². The van der Waals surface area contributed by atoms with Crippen molar-refractivity contribution < 1.29 is 15.0 Å². The second kappa shape index (κ2) is 5.13. The van der Waals surface area contributed by atoms with E-state index in [4.69, 9.17) is 10.2 Å². The van der Waals surface area contributed by atoms with Crippen LogP contribution in [0.15, 0.2) is 0 Å². The van der Waals surface area contributed by atoms with Crippen molar-refractivity contribution in [1.82, 2.24) is 0 Å². The van der Waals surface area contributed by atoms with Gasteiger partial charge in [-0.1, -0.05) is 13.8 Å². The third kappa shape index (κ3) is 4.79. The second-order valence-electron chi connectivity index (χ2n) is 2.88. The third-order valence-electron chi connectivity index (χ3n) is 1.65. The molecule has 3 nitrogen and oxygen atoms in total. The van der Waals surface area contributed by atoms with Crippen LogP contribution in [0.1, 0.15) is 26.7 Å². The number of rotatable bonds is 2. The van der Waals surface area contributed by atoms with Crippen LogP contribution < -0.4 is 0 Å². The van der Waals surface area contributed by atoms with Crippen molar-refractivity contribution in [1.29, 1.82) is 0 Å². The van der Waals surface area contributed by atoms with Gasteiger partial charge >= 0.3 is 5.97 Å². The molecule has 1 aliphatic rings. The van der Waals surface area contributed by atoms with Gasteiger partial charge in [0.15, 0.2) is 0 Å². The van der Waals surface area contributed by atoms with Crippen LogP contribution in [0.3, 0.4) is 0 Å². The first-order valence-electron chi connectivity index (χ1n) is 3.97. The number of carboxylic acids is 1. The Morgan fingerprint density at radius 2 is 2.00 bits per heavy atom. The molecular formula is C8H16O3. The molecule has 2 atom stereocenters. The normalized spacial score (nSPS) is 26.8. The second-order valence-corrected chi connectivity index (χ2v) is 2.88. The van der Waals surface area contributed by atoms with Gasteiger partial charge in [-0.2, -0.15) is 0 Å². The van der Waals surface area contributed by atoms with Crippen LogP contribution in [0.4, 0.5) is 0 Å². The summed E-state index contributed by atoms with van der Waals surface area (Å²) in [5.74, 6) is -0.204. The summed E-state index contributed by atoms with van der Waals surface area (Å²) in [6.45, 7) is 4.21. The van der Waals surface area contributed by atoms with Crippen LogP contribution in [0.5, 0.6) is 0 Å². The quantitative estimate of drug-likeness (QED) is 0.636. The summed E-state index contributed by atoms with van der Waals surface area (Å²) in [4.78, 5) is 9.97. The number of hydrogen-bond acceptors (Lipinski definition) is 2. The van der Waals surface area contributed by atoms with Crippen LogP contribution in [-0.2, 0) is 4.79 Å². The number of hydrogen-bond donors (Lipinski definition) is 2. The van der Waals surface area contributed by atoms with Gasteiger partial charge < -0.3 is 10.2 Å². The molecule has 3 heteroatoms.